The molecule has 5 heteroatoms. The van der Waals surface area contributed by atoms with Gasteiger partial charge in [-0.05, 0) is 24.6 Å². The largest absolute Gasteiger partial charge is 0.330 e. The molecule has 0 spiro atoms. The molecule has 2 atom stereocenters. The smallest absolute Gasteiger partial charge is 0.233 e. The molecule has 0 aromatic rings. The first-order valence-corrected chi connectivity index (χ1v) is 5.96. The van der Waals surface area contributed by atoms with Gasteiger partial charge in [0.2, 0.25) is 5.91 Å². The number of hydrogen-bond donors (Lipinski definition) is 3. The zero-order chi connectivity index (χ0) is 11.0. The van der Waals surface area contributed by atoms with E-state index in [0.29, 0.717) is 17.6 Å². The molecular formula is C9H21N3OS. The monoisotopic (exact) mass is 219 g/mol. The maximum atomic E-state index is 10.8. The summed E-state index contributed by atoms with van der Waals surface area (Å²) in [5.41, 5.74) is 7.64. The Morgan fingerprint density at radius 2 is 2.14 bits per heavy atom. The summed E-state index contributed by atoms with van der Waals surface area (Å²) < 4.78 is 0. The van der Waals surface area contributed by atoms with Gasteiger partial charge in [-0.3, -0.25) is 10.2 Å². The highest BCUT2D eigenvalue weighted by Crippen LogP contribution is 2.18. The summed E-state index contributed by atoms with van der Waals surface area (Å²) in [6.45, 7) is 4.98. The van der Waals surface area contributed by atoms with E-state index in [1.54, 1.807) is 0 Å². The normalized spacial score (nSPS) is 14.9. The highest BCUT2D eigenvalue weighted by Gasteiger charge is 2.07. The minimum Gasteiger partial charge on any atom is -0.330 e. The van der Waals surface area contributed by atoms with Gasteiger partial charge in [0.05, 0.1) is 0 Å². The zero-order valence-corrected chi connectivity index (χ0v) is 9.77. The van der Waals surface area contributed by atoms with Crippen LogP contribution in [0, 0.1) is 5.92 Å². The van der Waals surface area contributed by atoms with Gasteiger partial charge >= 0.3 is 0 Å². The summed E-state index contributed by atoms with van der Waals surface area (Å²) in [4.78, 5) is 10.8. The predicted octanol–water partition coefficient (Wildman–Crippen LogP) is 0.473. The van der Waals surface area contributed by atoms with E-state index in [0.717, 1.165) is 18.7 Å². The van der Waals surface area contributed by atoms with Crippen molar-refractivity contribution in [2.75, 3.05) is 12.3 Å². The second kappa shape index (κ2) is 8.08. The summed E-state index contributed by atoms with van der Waals surface area (Å²) in [7, 11) is 0. The lowest BCUT2D eigenvalue weighted by Gasteiger charge is -2.13. The number of thioether (sulfide) groups is 1. The van der Waals surface area contributed by atoms with Gasteiger partial charge in [0.15, 0.2) is 0 Å². The van der Waals surface area contributed by atoms with Crippen LogP contribution >= 0.6 is 11.8 Å². The summed E-state index contributed by atoms with van der Waals surface area (Å²) in [5, 5.41) is 0.487. The van der Waals surface area contributed by atoms with E-state index in [4.69, 9.17) is 11.6 Å². The standard InChI is InChI=1S/C9H21N3OS/c1-7(5-10)6-14-8(2)3-4-9(13)12-11/h7-8H,3-6,10-11H2,1-2H3,(H,12,13). The molecule has 0 saturated carbocycles. The van der Waals surface area contributed by atoms with Crippen LogP contribution < -0.4 is 17.0 Å². The molecule has 0 aliphatic rings. The van der Waals surface area contributed by atoms with Crippen LogP contribution in [0.2, 0.25) is 0 Å². The molecule has 0 heterocycles. The second-order valence-electron chi connectivity index (χ2n) is 3.59. The molecule has 5 N–H and O–H groups in total. The molecule has 2 unspecified atom stereocenters. The summed E-state index contributed by atoms with van der Waals surface area (Å²) in [6, 6.07) is 0. The maximum absolute atomic E-state index is 10.8. The number of nitrogens with one attached hydrogen (secondary N) is 1. The molecule has 0 bridgehead atoms. The topological polar surface area (TPSA) is 81.1 Å². The van der Waals surface area contributed by atoms with Crippen molar-refractivity contribution in [3.05, 3.63) is 0 Å². The zero-order valence-electron chi connectivity index (χ0n) is 8.95. The first-order valence-electron chi connectivity index (χ1n) is 4.91. The Labute approximate surface area is 90.1 Å². The van der Waals surface area contributed by atoms with Crippen LogP contribution in [0.25, 0.3) is 0 Å². The molecule has 0 aromatic carbocycles. The molecule has 0 rings (SSSR count). The van der Waals surface area contributed by atoms with Crippen LogP contribution in [0.5, 0.6) is 0 Å². The van der Waals surface area contributed by atoms with Gasteiger partial charge < -0.3 is 5.73 Å². The van der Waals surface area contributed by atoms with Gasteiger partial charge in [-0.1, -0.05) is 13.8 Å². The van der Waals surface area contributed by atoms with Crippen molar-refractivity contribution in [3.63, 3.8) is 0 Å². The third kappa shape index (κ3) is 7.17. The van der Waals surface area contributed by atoms with E-state index in [2.05, 4.69) is 19.3 Å². The van der Waals surface area contributed by atoms with Crippen molar-refractivity contribution in [1.82, 2.24) is 5.43 Å². The molecule has 0 aromatic heterocycles. The number of nitrogens with two attached hydrogens (primary N) is 2. The molecule has 0 saturated heterocycles. The van der Waals surface area contributed by atoms with Crippen molar-refractivity contribution in [1.29, 1.82) is 0 Å². The first kappa shape index (κ1) is 13.7. The van der Waals surface area contributed by atoms with E-state index >= 15 is 0 Å². The lowest BCUT2D eigenvalue weighted by Crippen LogP contribution is -2.30. The second-order valence-corrected chi connectivity index (χ2v) is 5.06. The van der Waals surface area contributed by atoms with E-state index in [9.17, 15) is 4.79 Å². The summed E-state index contributed by atoms with van der Waals surface area (Å²) >= 11 is 1.86. The minimum atomic E-state index is -0.0932. The Hall–Kier alpha value is -0.260. The van der Waals surface area contributed by atoms with Gasteiger partial charge in [0, 0.05) is 11.7 Å². The average molecular weight is 219 g/mol. The van der Waals surface area contributed by atoms with Crippen molar-refractivity contribution in [3.8, 4) is 0 Å². The first-order chi connectivity index (χ1) is 6.60. The van der Waals surface area contributed by atoms with Crippen molar-refractivity contribution in [2.45, 2.75) is 31.9 Å². The van der Waals surface area contributed by atoms with Gasteiger partial charge in [-0.2, -0.15) is 11.8 Å². The molecule has 4 nitrogen and oxygen atoms in total. The number of rotatable bonds is 7. The highest BCUT2D eigenvalue weighted by atomic mass is 32.2. The van der Waals surface area contributed by atoms with E-state index in [-0.39, 0.29) is 5.91 Å². The van der Waals surface area contributed by atoms with Gasteiger partial charge in [0.25, 0.3) is 0 Å². The van der Waals surface area contributed by atoms with Crippen LogP contribution in [-0.2, 0) is 4.79 Å². The van der Waals surface area contributed by atoms with Crippen LogP contribution in [0.3, 0.4) is 0 Å². The average Bonchev–Trinajstić information content (AvgIpc) is 2.22. The number of amides is 1. The molecule has 1 amide bonds. The van der Waals surface area contributed by atoms with Crippen LogP contribution in [0.1, 0.15) is 26.7 Å². The van der Waals surface area contributed by atoms with E-state index in [1.165, 1.54) is 0 Å². The van der Waals surface area contributed by atoms with E-state index < -0.39 is 0 Å². The molecule has 0 aliphatic carbocycles. The number of hydrazine groups is 1. The molecular weight excluding hydrogens is 198 g/mol. The Bertz CT molecular complexity index is 166. The van der Waals surface area contributed by atoms with Gasteiger partial charge in [-0.25, -0.2) is 5.84 Å². The van der Waals surface area contributed by atoms with Crippen molar-refractivity contribution < 1.29 is 4.79 Å². The van der Waals surface area contributed by atoms with Crippen LogP contribution in [0.4, 0.5) is 0 Å². The Balaban J connectivity index is 3.45. The van der Waals surface area contributed by atoms with Crippen LogP contribution in [-0.4, -0.2) is 23.5 Å². The molecule has 0 radical (unpaired) electrons. The third-order valence-corrected chi connectivity index (χ3v) is 3.57. The van der Waals surface area contributed by atoms with E-state index in [1.807, 2.05) is 11.8 Å². The molecule has 14 heavy (non-hydrogen) atoms. The fourth-order valence-corrected chi connectivity index (χ4v) is 1.96. The minimum absolute atomic E-state index is 0.0932. The Morgan fingerprint density at radius 1 is 1.50 bits per heavy atom. The number of carbonyl (C=O) groups excluding carboxylic acids is 1. The summed E-state index contributed by atoms with van der Waals surface area (Å²) in [5.74, 6) is 6.49. The number of hydrogen-bond acceptors (Lipinski definition) is 4. The number of carbonyl (C=O) groups is 1. The molecule has 84 valence electrons. The fraction of sp³-hybridized carbons (Fsp3) is 0.889. The SMILES string of the molecule is CC(CN)CSC(C)CCC(=O)NN. The molecule has 0 aliphatic heterocycles. The lowest BCUT2D eigenvalue weighted by molar-refractivity contribution is -0.121. The maximum Gasteiger partial charge on any atom is 0.233 e. The quantitative estimate of drug-likeness (QED) is 0.330. The Kier molecular flexibility index (Phi) is 7.93. The van der Waals surface area contributed by atoms with Crippen molar-refractivity contribution >= 4 is 17.7 Å². The Morgan fingerprint density at radius 3 is 2.64 bits per heavy atom. The highest BCUT2D eigenvalue weighted by molar-refractivity contribution is 7.99. The van der Waals surface area contributed by atoms with Gasteiger partial charge in [0.1, 0.15) is 0 Å². The lowest BCUT2D eigenvalue weighted by atomic mass is 10.2. The van der Waals surface area contributed by atoms with Crippen molar-refractivity contribution in [2.24, 2.45) is 17.5 Å². The fourth-order valence-electron chi connectivity index (χ4n) is 0.886. The summed E-state index contributed by atoms with van der Waals surface area (Å²) in [6.07, 6.45) is 1.37. The van der Waals surface area contributed by atoms with Crippen LogP contribution in [0.15, 0.2) is 0 Å². The molecule has 0 fully saturated rings. The predicted molar refractivity (Wildman–Crippen MR) is 61.7 cm³/mol. The van der Waals surface area contributed by atoms with Gasteiger partial charge in [-0.15, -0.1) is 0 Å². The third-order valence-electron chi connectivity index (χ3n) is 2.01.